The summed E-state index contributed by atoms with van der Waals surface area (Å²) in [7, 11) is -4.25. The molecule has 1 unspecified atom stereocenters. The predicted octanol–water partition coefficient (Wildman–Crippen LogP) is 5.33. The van der Waals surface area contributed by atoms with Gasteiger partial charge in [-0.3, -0.25) is 13.9 Å². The van der Waals surface area contributed by atoms with Crippen molar-refractivity contribution in [1.29, 1.82) is 0 Å². The molecular weight excluding hydrogens is 548 g/mol. The summed E-state index contributed by atoms with van der Waals surface area (Å²) in [6.07, 6.45) is 4.86. The molecule has 3 aromatic carbocycles. The van der Waals surface area contributed by atoms with Gasteiger partial charge in [0.2, 0.25) is 11.8 Å². The lowest BCUT2D eigenvalue weighted by atomic mass is 9.95. The maximum atomic E-state index is 13.9. The fraction of sp³-hybridized carbons (Fsp3) is 0.355. The molecule has 0 heterocycles. The van der Waals surface area contributed by atoms with Crippen LogP contribution in [0.15, 0.2) is 77.7 Å². The van der Waals surface area contributed by atoms with Crippen molar-refractivity contribution in [2.45, 2.75) is 69.5 Å². The first-order valence-corrected chi connectivity index (χ1v) is 15.2. The number of carbonyl (C=O) groups is 2. The number of anilines is 1. The molecule has 3 aromatic rings. The summed E-state index contributed by atoms with van der Waals surface area (Å²) in [4.78, 5) is 28.5. The van der Waals surface area contributed by atoms with Crippen LogP contribution in [-0.2, 0) is 26.2 Å². The number of nitrogens with one attached hydrogen (secondary N) is 1. The smallest absolute Gasteiger partial charge is 0.264 e. The van der Waals surface area contributed by atoms with E-state index in [2.05, 4.69) is 5.32 Å². The molecule has 1 aliphatic rings. The quantitative estimate of drug-likeness (QED) is 0.349. The largest absolute Gasteiger partial charge is 0.352 e. The Bertz CT molecular complexity index is 1440. The fourth-order valence-corrected chi connectivity index (χ4v) is 6.33. The molecule has 1 aliphatic carbocycles. The summed E-state index contributed by atoms with van der Waals surface area (Å²) in [5, 5.41) is 3.04. The third-order valence-corrected chi connectivity index (χ3v) is 9.18. The average molecular weight is 584 g/mol. The highest BCUT2D eigenvalue weighted by Crippen LogP contribution is 2.25. The van der Waals surface area contributed by atoms with Crippen LogP contribution >= 0.6 is 0 Å². The van der Waals surface area contributed by atoms with Crippen molar-refractivity contribution in [2.24, 2.45) is 0 Å². The van der Waals surface area contributed by atoms with E-state index in [1.54, 1.807) is 19.1 Å². The number of amides is 2. The Hall–Kier alpha value is -3.79. The lowest BCUT2D eigenvalue weighted by Crippen LogP contribution is -2.53. The van der Waals surface area contributed by atoms with E-state index in [9.17, 15) is 26.8 Å². The van der Waals surface area contributed by atoms with Crippen LogP contribution in [0.2, 0.25) is 0 Å². The number of rotatable bonds is 10. The molecule has 1 fully saturated rings. The standard InChI is InChI=1S/C31H35F2N3O4S/c1-22-8-18-29(19-9-22)41(39,40)36(28-16-14-26(33)15-17-28)21-30(37)35(20-24-10-12-25(32)13-11-24)23(2)31(38)34-27-6-4-3-5-7-27/h8-19,23,27H,3-7,20-21H2,1-2H3,(H,34,38). The first-order chi connectivity index (χ1) is 19.5. The molecule has 1 saturated carbocycles. The van der Waals surface area contributed by atoms with E-state index in [1.165, 1.54) is 53.4 Å². The zero-order chi connectivity index (χ0) is 29.6. The molecule has 0 aliphatic heterocycles. The summed E-state index contributed by atoms with van der Waals surface area (Å²) >= 11 is 0. The molecular formula is C31H35F2N3O4S. The van der Waals surface area contributed by atoms with E-state index in [-0.39, 0.29) is 29.1 Å². The molecule has 1 N–H and O–H groups in total. The number of aryl methyl sites for hydroxylation is 1. The van der Waals surface area contributed by atoms with Gasteiger partial charge >= 0.3 is 0 Å². The van der Waals surface area contributed by atoms with Gasteiger partial charge in [-0.2, -0.15) is 0 Å². The SMILES string of the molecule is Cc1ccc(S(=O)(=O)N(CC(=O)N(Cc2ccc(F)cc2)C(C)C(=O)NC2CCCCC2)c2ccc(F)cc2)cc1. The monoisotopic (exact) mass is 583 g/mol. The molecule has 4 rings (SSSR count). The summed E-state index contributed by atoms with van der Waals surface area (Å²) in [5.74, 6) is -1.98. The minimum atomic E-state index is -4.25. The highest BCUT2D eigenvalue weighted by molar-refractivity contribution is 7.92. The van der Waals surface area contributed by atoms with E-state index in [0.717, 1.165) is 54.1 Å². The summed E-state index contributed by atoms with van der Waals surface area (Å²) in [6, 6.07) is 15.6. The van der Waals surface area contributed by atoms with Gasteiger partial charge in [-0.25, -0.2) is 17.2 Å². The van der Waals surface area contributed by atoms with Gasteiger partial charge in [0.05, 0.1) is 10.6 Å². The molecule has 41 heavy (non-hydrogen) atoms. The Morgan fingerprint density at radius 1 is 0.878 bits per heavy atom. The summed E-state index contributed by atoms with van der Waals surface area (Å²) in [5.41, 5.74) is 1.53. The van der Waals surface area contributed by atoms with Crippen molar-refractivity contribution < 1.29 is 26.8 Å². The highest BCUT2D eigenvalue weighted by Gasteiger charge is 2.33. The number of halogens is 2. The van der Waals surface area contributed by atoms with Crippen LogP contribution in [0.5, 0.6) is 0 Å². The lowest BCUT2D eigenvalue weighted by molar-refractivity contribution is -0.139. The summed E-state index contributed by atoms with van der Waals surface area (Å²) in [6.45, 7) is 2.74. The molecule has 218 valence electrons. The molecule has 0 bridgehead atoms. The normalized spacial score (nSPS) is 14.7. The molecule has 0 spiro atoms. The van der Waals surface area contributed by atoms with Crippen molar-refractivity contribution in [3.05, 3.63) is 95.6 Å². The first kappa shape index (κ1) is 30.2. The highest BCUT2D eigenvalue weighted by atomic mass is 32.2. The van der Waals surface area contributed by atoms with Crippen molar-refractivity contribution in [1.82, 2.24) is 10.2 Å². The minimum Gasteiger partial charge on any atom is -0.352 e. The van der Waals surface area contributed by atoms with Gasteiger partial charge < -0.3 is 10.2 Å². The second kappa shape index (κ2) is 13.2. The molecule has 0 radical (unpaired) electrons. The number of nitrogens with zero attached hydrogens (tertiary/aromatic N) is 2. The maximum absolute atomic E-state index is 13.9. The van der Waals surface area contributed by atoms with Gasteiger partial charge in [0.1, 0.15) is 24.2 Å². The van der Waals surface area contributed by atoms with E-state index < -0.39 is 40.2 Å². The van der Waals surface area contributed by atoms with E-state index >= 15 is 0 Å². The number of benzene rings is 3. The minimum absolute atomic E-state index is 0.0131. The van der Waals surface area contributed by atoms with Gasteiger partial charge in [-0.1, -0.05) is 49.1 Å². The zero-order valence-corrected chi connectivity index (χ0v) is 24.0. The van der Waals surface area contributed by atoms with Crippen molar-refractivity contribution >= 4 is 27.5 Å². The van der Waals surface area contributed by atoms with Crippen LogP contribution in [-0.4, -0.2) is 43.8 Å². The zero-order valence-electron chi connectivity index (χ0n) is 23.2. The lowest BCUT2D eigenvalue weighted by Gasteiger charge is -2.33. The van der Waals surface area contributed by atoms with E-state index in [4.69, 9.17) is 0 Å². The van der Waals surface area contributed by atoms with E-state index in [1.807, 2.05) is 6.92 Å². The Morgan fingerprint density at radius 3 is 2.02 bits per heavy atom. The maximum Gasteiger partial charge on any atom is 0.264 e. The molecule has 0 saturated heterocycles. The predicted molar refractivity (Wildman–Crippen MR) is 154 cm³/mol. The van der Waals surface area contributed by atoms with Crippen LogP contribution in [0, 0.1) is 18.6 Å². The first-order valence-electron chi connectivity index (χ1n) is 13.7. The van der Waals surface area contributed by atoms with Crippen LogP contribution in [0.3, 0.4) is 0 Å². The second-order valence-electron chi connectivity index (χ2n) is 10.5. The van der Waals surface area contributed by atoms with Crippen molar-refractivity contribution in [3.8, 4) is 0 Å². The summed E-state index contributed by atoms with van der Waals surface area (Å²) < 4.78 is 55.8. The number of sulfonamides is 1. The third-order valence-electron chi connectivity index (χ3n) is 7.39. The van der Waals surface area contributed by atoms with Crippen LogP contribution < -0.4 is 9.62 Å². The Balaban J connectivity index is 1.66. The average Bonchev–Trinajstić information content (AvgIpc) is 2.96. The molecule has 7 nitrogen and oxygen atoms in total. The van der Waals surface area contributed by atoms with Gasteiger partial charge in [-0.15, -0.1) is 0 Å². The Kier molecular flexibility index (Phi) is 9.75. The van der Waals surface area contributed by atoms with Gasteiger partial charge in [-0.05, 0) is 80.8 Å². The molecule has 2 amide bonds. The fourth-order valence-electron chi connectivity index (χ4n) is 4.91. The van der Waals surface area contributed by atoms with Gasteiger partial charge in [0.25, 0.3) is 10.0 Å². The van der Waals surface area contributed by atoms with Crippen LogP contribution in [0.4, 0.5) is 14.5 Å². The third kappa shape index (κ3) is 7.70. The van der Waals surface area contributed by atoms with E-state index in [0.29, 0.717) is 5.56 Å². The second-order valence-corrected chi connectivity index (χ2v) is 12.3. The number of hydrogen-bond acceptors (Lipinski definition) is 4. The topological polar surface area (TPSA) is 86.8 Å². The molecule has 10 heteroatoms. The number of hydrogen-bond donors (Lipinski definition) is 1. The molecule has 1 atom stereocenters. The Labute approximate surface area is 240 Å². The number of carbonyl (C=O) groups excluding carboxylic acids is 2. The van der Waals surface area contributed by atoms with Gasteiger partial charge in [0, 0.05) is 12.6 Å². The van der Waals surface area contributed by atoms with Crippen LogP contribution in [0.25, 0.3) is 0 Å². The Morgan fingerprint density at radius 2 is 1.44 bits per heavy atom. The van der Waals surface area contributed by atoms with Crippen molar-refractivity contribution in [2.75, 3.05) is 10.8 Å². The van der Waals surface area contributed by atoms with Crippen LogP contribution in [0.1, 0.15) is 50.2 Å². The van der Waals surface area contributed by atoms with Gasteiger partial charge in [0.15, 0.2) is 0 Å². The van der Waals surface area contributed by atoms with Crippen molar-refractivity contribution in [3.63, 3.8) is 0 Å². The molecule has 0 aromatic heterocycles.